The van der Waals surface area contributed by atoms with Gasteiger partial charge in [-0.2, -0.15) is 0 Å². The highest BCUT2D eigenvalue weighted by atomic mass is 79.9. The number of nitrogens with two attached hydrogens (primary N) is 1. The highest BCUT2D eigenvalue weighted by molar-refractivity contribution is 9.10. The summed E-state index contributed by atoms with van der Waals surface area (Å²) in [5.74, 6) is 0.747. The van der Waals surface area contributed by atoms with Gasteiger partial charge >= 0.3 is 0 Å². The van der Waals surface area contributed by atoms with E-state index in [1.165, 1.54) is 11.8 Å². The molecule has 0 saturated carbocycles. The van der Waals surface area contributed by atoms with Crippen molar-refractivity contribution in [2.45, 2.75) is 9.92 Å². The Kier molecular flexibility index (Phi) is 4.44. The van der Waals surface area contributed by atoms with Gasteiger partial charge in [-0.1, -0.05) is 11.8 Å². The minimum absolute atomic E-state index is 0.0252. The summed E-state index contributed by atoms with van der Waals surface area (Å²) in [7, 11) is 1.61. The van der Waals surface area contributed by atoms with Gasteiger partial charge in [0.2, 0.25) is 0 Å². The molecule has 0 aliphatic carbocycles. The molecule has 0 atom stereocenters. The van der Waals surface area contributed by atoms with E-state index in [-0.39, 0.29) is 5.84 Å². The third kappa shape index (κ3) is 3.27. The molecule has 4 nitrogen and oxygen atoms in total. The number of halogens is 1. The summed E-state index contributed by atoms with van der Waals surface area (Å²) in [6, 6.07) is 9.19. The van der Waals surface area contributed by atoms with E-state index in [0.717, 1.165) is 20.1 Å². The molecule has 0 aliphatic rings. The fourth-order valence-corrected chi connectivity index (χ4v) is 2.94. The van der Waals surface area contributed by atoms with Gasteiger partial charge in [0, 0.05) is 16.7 Å². The molecule has 2 aromatic rings. The topological polar surface area (TPSA) is 72.0 Å². The van der Waals surface area contributed by atoms with Gasteiger partial charge in [0.25, 0.3) is 0 Å². The van der Waals surface area contributed by atoms with Crippen LogP contribution in [0.4, 0.5) is 0 Å². The summed E-state index contributed by atoms with van der Waals surface area (Å²) >= 11 is 4.89. The second-order valence-corrected chi connectivity index (χ2v) is 5.55. The number of nitrogens with one attached hydrogen (secondary N) is 1. The van der Waals surface area contributed by atoms with Crippen LogP contribution in [0.15, 0.2) is 50.9 Å². The Bertz CT molecular complexity index is 619. The Morgan fingerprint density at radius 3 is 2.84 bits per heavy atom. The third-order valence-corrected chi connectivity index (χ3v) is 4.39. The summed E-state index contributed by atoms with van der Waals surface area (Å²) in [6.45, 7) is 0. The number of methoxy groups -OCH3 is 1. The minimum atomic E-state index is 0.0252. The van der Waals surface area contributed by atoms with Crippen molar-refractivity contribution in [1.82, 2.24) is 4.98 Å². The largest absolute Gasteiger partial charge is 0.497 e. The maximum atomic E-state index is 7.61. The number of ether oxygens (including phenoxy) is 1. The molecule has 0 aliphatic heterocycles. The van der Waals surface area contributed by atoms with Crippen molar-refractivity contribution in [3.05, 3.63) is 46.6 Å². The summed E-state index contributed by atoms with van der Waals surface area (Å²) in [5.41, 5.74) is 6.26. The van der Waals surface area contributed by atoms with Crippen molar-refractivity contribution in [3.8, 4) is 5.75 Å². The molecule has 0 unspecified atom stereocenters. The van der Waals surface area contributed by atoms with E-state index in [1.807, 2.05) is 18.2 Å². The zero-order chi connectivity index (χ0) is 13.8. The summed E-state index contributed by atoms with van der Waals surface area (Å²) in [4.78, 5) is 5.13. The average Bonchev–Trinajstić information content (AvgIpc) is 2.41. The number of amidine groups is 1. The molecule has 2 rings (SSSR count). The van der Waals surface area contributed by atoms with Gasteiger partial charge in [-0.15, -0.1) is 0 Å². The molecule has 1 aromatic heterocycles. The Morgan fingerprint density at radius 2 is 2.21 bits per heavy atom. The van der Waals surface area contributed by atoms with Crippen LogP contribution in [-0.2, 0) is 0 Å². The lowest BCUT2D eigenvalue weighted by Gasteiger charge is -2.10. The molecular weight excluding hydrogens is 326 g/mol. The lowest BCUT2D eigenvalue weighted by atomic mass is 10.2. The van der Waals surface area contributed by atoms with Crippen LogP contribution in [0.25, 0.3) is 0 Å². The average molecular weight is 338 g/mol. The SMILES string of the molecule is COc1ccc(C(=N)N)c(Sc2ncccc2Br)c1. The molecule has 1 heterocycles. The molecular formula is C13H12BrN3OS. The van der Waals surface area contributed by atoms with Crippen LogP contribution in [0.2, 0.25) is 0 Å². The van der Waals surface area contributed by atoms with Gasteiger partial charge in [-0.05, 0) is 46.3 Å². The standard InChI is InChI=1S/C13H12BrN3OS/c1-18-8-4-5-9(12(15)16)11(7-8)19-13-10(14)3-2-6-17-13/h2-7H,1H3,(H3,15,16). The fraction of sp³-hybridized carbons (Fsp3) is 0.0769. The molecule has 0 spiro atoms. The van der Waals surface area contributed by atoms with Crippen LogP contribution in [0.3, 0.4) is 0 Å². The molecule has 98 valence electrons. The first-order valence-corrected chi connectivity index (χ1v) is 7.03. The molecule has 1 aromatic carbocycles. The molecule has 0 amide bonds. The van der Waals surface area contributed by atoms with Gasteiger partial charge in [-0.25, -0.2) is 4.98 Å². The van der Waals surface area contributed by atoms with E-state index in [4.69, 9.17) is 15.9 Å². The number of benzene rings is 1. The number of aromatic nitrogens is 1. The smallest absolute Gasteiger partial charge is 0.123 e. The van der Waals surface area contributed by atoms with Crippen molar-refractivity contribution in [3.63, 3.8) is 0 Å². The van der Waals surface area contributed by atoms with E-state index in [1.54, 1.807) is 25.4 Å². The van der Waals surface area contributed by atoms with Crippen LogP contribution < -0.4 is 10.5 Å². The van der Waals surface area contributed by atoms with E-state index >= 15 is 0 Å². The van der Waals surface area contributed by atoms with Gasteiger partial charge in [0.1, 0.15) is 16.6 Å². The van der Waals surface area contributed by atoms with Gasteiger partial charge in [0.05, 0.1) is 11.6 Å². The predicted octanol–water partition coefficient (Wildman–Crippen LogP) is 3.29. The summed E-state index contributed by atoms with van der Waals surface area (Å²) in [5, 5.41) is 8.43. The second kappa shape index (κ2) is 6.08. The highest BCUT2D eigenvalue weighted by Gasteiger charge is 2.11. The number of hydrogen-bond acceptors (Lipinski definition) is 4. The zero-order valence-corrected chi connectivity index (χ0v) is 12.6. The third-order valence-electron chi connectivity index (χ3n) is 2.41. The van der Waals surface area contributed by atoms with Crippen LogP contribution >= 0.6 is 27.7 Å². The van der Waals surface area contributed by atoms with E-state index in [9.17, 15) is 0 Å². The maximum Gasteiger partial charge on any atom is 0.123 e. The summed E-state index contributed by atoms with van der Waals surface area (Å²) in [6.07, 6.45) is 1.72. The van der Waals surface area contributed by atoms with Crippen LogP contribution in [-0.4, -0.2) is 17.9 Å². The lowest BCUT2D eigenvalue weighted by Crippen LogP contribution is -2.12. The molecule has 0 saturated heterocycles. The second-order valence-electron chi connectivity index (χ2n) is 3.67. The number of nitrogen functional groups attached to an aromatic ring is 1. The Balaban J connectivity index is 2.43. The molecule has 19 heavy (non-hydrogen) atoms. The maximum absolute atomic E-state index is 7.61. The minimum Gasteiger partial charge on any atom is -0.497 e. The van der Waals surface area contributed by atoms with E-state index < -0.39 is 0 Å². The Hall–Kier alpha value is -1.53. The van der Waals surface area contributed by atoms with Crippen molar-refractivity contribution >= 4 is 33.5 Å². The Morgan fingerprint density at radius 1 is 1.42 bits per heavy atom. The lowest BCUT2D eigenvalue weighted by molar-refractivity contribution is 0.413. The van der Waals surface area contributed by atoms with Crippen molar-refractivity contribution in [2.24, 2.45) is 5.73 Å². The predicted molar refractivity (Wildman–Crippen MR) is 80.1 cm³/mol. The quantitative estimate of drug-likeness (QED) is 0.663. The monoisotopic (exact) mass is 337 g/mol. The van der Waals surface area contributed by atoms with Crippen molar-refractivity contribution in [2.75, 3.05) is 7.11 Å². The number of pyridine rings is 1. The van der Waals surface area contributed by atoms with Crippen molar-refractivity contribution in [1.29, 1.82) is 5.41 Å². The van der Waals surface area contributed by atoms with Crippen LogP contribution in [0, 0.1) is 5.41 Å². The molecule has 6 heteroatoms. The number of rotatable bonds is 4. The van der Waals surface area contributed by atoms with E-state index in [2.05, 4.69) is 20.9 Å². The van der Waals surface area contributed by atoms with Gasteiger partial charge < -0.3 is 10.5 Å². The molecule has 3 N–H and O–H groups in total. The number of nitrogens with zero attached hydrogens (tertiary/aromatic N) is 1. The zero-order valence-electron chi connectivity index (χ0n) is 10.2. The fourth-order valence-electron chi connectivity index (χ4n) is 1.49. The molecule has 0 fully saturated rings. The number of hydrogen-bond donors (Lipinski definition) is 2. The van der Waals surface area contributed by atoms with Gasteiger partial charge in [0.15, 0.2) is 0 Å². The molecule has 0 radical (unpaired) electrons. The Labute approximate surface area is 124 Å². The van der Waals surface area contributed by atoms with Crippen LogP contribution in [0.1, 0.15) is 5.56 Å². The van der Waals surface area contributed by atoms with Gasteiger partial charge in [-0.3, -0.25) is 5.41 Å². The summed E-state index contributed by atoms with van der Waals surface area (Å²) < 4.78 is 6.10. The molecule has 0 bridgehead atoms. The highest BCUT2D eigenvalue weighted by Crippen LogP contribution is 2.35. The first-order valence-electron chi connectivity index (χ1n) is 5.42. The normalized spacial score (nSPS) is 10.2. The first kappa shape index (κ1) is 13.9. The first-order chi connectivity index (χ1) is 9.11. The van der Waals surface area contributed by atoms with E-state index in [0.29, 0.717) is 5.56 Å². The van der Waals surface area contributed by atoms with Crippen LogP contribution in [0.5, 0.6) is 5.75 Å². The van der Waals surface area contributed by atoms with Crippen molar-refractivity contribution < 1.29 is 4.74 Å².